The number of nitrogens with zero attached hydrogens (tertiary/aromatic N) is 5. The fourth-order valence-corrected chi connectivity index (χ4v) is 6.60. The molecule has 1 spiro atoms. The molecular weight excluding hydrogens is 510 g/mol. The van der Waals surface area contributed by atoms with E-state index in [0.717, 1.165) is 38.4 Å². The molecule has 0 aliphatic carbocycles. The quantitative estimate of drug-likeness (QED) is 0.392. The lowest BCUT2D eigenvalue weighted by molar-refractivity contribution is 0.0240. The molecule has 39 heavy (non-hydrogen) atoms. The van der Waals surface area contributed by atoms with Gasteiger partial charge in [-0.05, 0) is 88.8 Å². The standard InChI is InChI=1S/C31H40ClN5O2/c1-23-21-31(22-37(23)26-10-11-28(33-5)27(32)20-26)12-14-34(15-13-31)24-6-8-25(9-7-24)35-16-18-36(19-17-35)29(38)39-30(2,3)4/h6-11,20,23H,12-19,21-22H2,1-4H3/t23-/m0/s1. The average Bonchev–Trinajstić information content (AvgIpc) is 3.23. The van der Waals surface area contributed by atoms with Gasteiger partial charge >= 0.3 is 6.09 Å². The second kappa shape index (κ2) is 10.8. The molecule has 208 valence electrons. The Balaban J connectivity index is 1.14. The van der Waals surface area contributed by atoms with Crippen molar-refractivity contribution in [3.63, 3.8) is 0 Å². The lowest BCUT2D eigenvalue weighted by atomic mass is 9.76. The molecule has 0 radical (unpaired) electrons. The number of hydrogen-bond donors (Lipinski definition) is 0. The van der Waals surface area contributed by atoms with Crippen LogP contribution in [0.25, 0.3) is 4.85 Å². The largest absolute Gasteiger partial charge is 0.444 e. The summed E-state index contributed by atoms with van der Waals surface area (Å²) in [6, 6.07) is 15.2. The Morgan fingerprint density at radius 1 is 0.949 bits per heavy atom. The van der Waals surface area contributed by atoms with E-state index in [-0.39, 0.29) is 6.09 Å². The highest BCUT2D eigenvalue weighted by atomic mass is 35.5. The van der Waals surface area contributed by atoms with Crippen molar-refractivity contribution in [3.8, 4) is 0 Å². The number of carbonyl (C=O) groups excluding carboxylic acids is 1. The summed E-state index contributed by atoms with van der Waals surface area (Å²) in [7, 11) is 0. The van der Waals surface area contributed by atoms with Gasteiger partial charge in [-0.3, -0.25) is 0 Å². The van der Waals surface area contributed by atoms with E-state index in [9.17, 15) is 4.79 Å². The summed E-state index contributed by atoms with van der Waals surface area (Å²) in [6.07, 6.45) is 3.32. The summed E-state index contributed by atoms with van der Waals surface area (Å²) in [6.45, 7) is 21.4. The summed E-state index contributed by atoms with van der Waals surface area (Å²) < 4.78 is 5.53. The van der Waals surface area contributed by atoms with Crippen LogP contribution in [0, 0.1) is 12.0 Å². The van der Waals surface area contributed by atoms with Gasteiger partial charge in [0.15, 0.2) is 0 Å². The molecule has 0 saturated carbocycles. The summed E-state index contributed by atoms with van der Waals surface area (Å²) >= 11 is 6.35. The first-order chi connectivity index (χ1) is 18.6. The van der Waals surface area contributed by atoms with E-state index in [1.807, 2.05) is 43.9 Å². The van der Waals surface area contributed by atoms with Crippen LogP contribution in [-0.2, 0) is 4.74 Å². The fraction of sp³-hybridized carbons (Fsp3) is 0.548. The molecule has 3 fully saturated rings. The molecule has 5 rings (SSSR count). The number of hydrogen-bond acceptors (Lipinski definition) is 5. The number of piperazine rings is 1. The van der Waals surface area contributed by atoms with Gasteiger partial charge in [0, 0.05) is 73.9 Å². The van der Waals surface area contributed by atoms with Crippen LogP contribution in [0.5, 0.6) is 0 Å². The van der Waals surface area contributed by atoms with E-state index in [2.05, 4.69) is 50.7 Å². The number of anilines is 3. The predicted molar refractivity (Wildman–Crippen MR) is 159 cm³/mol. The van der Waals surface area contributed by atoms with Gasteiger partial charge in [0.1, 0.15) is 5.60 Å². The van der Waals surface area contributed by atoms with E-state index >= 15 is 0 Å². The minimum Gasteiger partial charge on any atom is -0.444 e. The number of halogens is 1. The Bertz CT molecular complexity index is 1220. The summed E-state index contributed by atoms with van der Waals surface area (Å²) in [5.41, 5.74) is 4.00. The Morgan fingerprint density at radius 2 is 1.51 bits per heavy atom. The first-order valence-electron chi connectivity index (χ1n) is 14.1. The molecule has 3 heterocycles. The monoisotopic (exact) mass is 549 g/mol. The van der Waals surface area contributed by atoms with Crippen LogP contribution in [0.15, 0.2) is 42.5 Å². The van der Waals surface area contributed by atoms with Crippen LogP contribution in [0.4, 0.5) is 27.5 Å². The van der Waals surface area contributed by atoms with Crippen molar-refractivity contribution < 1.29 is 9.53 Å². The minimum absolute atomic E-state index is 0.220. The average molecular weight is 550 g/mol. The topological polar surface area (TPSA) is 43.6 Å². The molecule has 3 aliphatic rings. The highest BCUT2D eigenvalue weighted by Crippen LogP contribution is 2.46. The van der Waals surface area contributed by atoms with Crippen LogP contribution in [0.3, 0.4) is 0 Å². The van der Waals surface area contributed by atoms with E-state index in [1.165, 1.54) is 30.6 Å². The SMILES string of the molecule is [C-]#[N+]c1ccc(N2CC3(CCN(c4ccc(N5CCN(C(=O)OC(C)(C)C)CC5)cc4)CC3)C[C@@H]2C)cc1Cl. The third-order valence-electron chi connectivity index (χ3n) is 8.49. The molecular formula is C31H40ClN5O2. The van der Waals surface area contributed by atoms with E-state index in [0.29, 0.717) is 35.3 Å². The van der Waals surface area contributed by atoms with Crippen molar-refractivity contribution >= 4 is 40.4 Å². The Labute approximate surface area is 238 Å². The first-order valence-corrected chi connectivity index (χ1v) is 14.5. The summed E-state index contributed by atoms with van der Waals surface area (Å²) in [4.78, 5) is 25.0. The molecule has 1 amide bonds. The van der Waals surface area contributed by atoms with Gasteiger partial charge < -0.3 is 24.3 Å². The van der Waals surface area contributed by atoms with Crippen molar-refractivity contribution in [3.05, 3.63) is 58.9 Å². The van der Waals surface area contributed by atoms with Crippen LogP contribution in [0.2, 0.25) is 5.02 Å². The van der Waals surface area contributed by atoms with Crippen molar-refractivity contribution in [1.29, 1.82) is 0 Å². The molecule has 7 nitrogen and oxygen atoms in total. The van der Waals surface area contributed by atoms with Gasteiger partial charge in [0.25, 0.3) is 0 Å². The number of carbonyl (C=O) groups is 1. The van der Waals surface area contributed by atoms with Crippen molar-refractivity contribution in [2.75, 3.05) is 60.5 Å². The number of benzene rings is 2. The Morgan fingerprint density at radius 3 is 2.05 bits per heavy atom. The van der Waals surface area contributed by atoms with E-state index in [4.69, 9.17) is 22.9 Å². The maximum Gasteiger partial charge on any atom is 0.410 e. The molecule has 8 heteroatoms. The molecule has 0 aromatic heterocycles. The van der Waals surface area contributed by atoms with Crippen molar-refractivity contribution in [2.45, 2.75) is 58.6 Å². The highest BCUT2D eigenvalue weighted by molar-refractivity contribution is 6.33. The van der Waals surface area contributed by atoms with Crippen LogP contribution in [-0.4, -0.2) is 68.4 Å². The zero-order valence-electron chi connectivity index (χ0n) is 23.6. The zero-order valence-corrected chi connectivity index (χ0v) is 24.4. The molecule has 2 aromatic rings. The van der Waals surface area contributed by atoms with Gasteiger partial charge in [-0.15, -0.1) is 0 Å². The first kappa shape index (κ1) is 27.5. The number of amides is 1. The van der Waals surface area contributed by atoms with Gasteiger partial charge in [-0.25, -0.2) is 9.64 Å². The van der Waals surface area contributed by atoms with Crippen molar-refractivity contribution in [1.82, 2.24) is 4.90 Å². The molecule has 1 atom stereocenters. The number of piperidine rings is 1. The molecule has 2 aromatic carbocycles. The molecule has 0 unspecified atom stereocenters. The highest BCUT2D eigenvalue weighted by Gasteiger charge is 2.44. The van der Waals surface area contributed by atoms with Gasteiger partial charge in [-0.2, -0.15) is 0 Å². The number of ether oxygens (including phenoxy) is 1. The summed E-state index contributed by atoms with van der Waals surface area (Å²) in [5.74, 6) is 0. The van der Waals surface area contributed by atoms with Crippen LogP contribution < -0.4 is 14.7 Å². The fourth-order valence-electron chi connectivity index (χ4n) is 6.38. The lowest BCUT2D eigenvalue weighted by Crippen LogP contribution is -2.50. The smallest absolute Gasteiger partial charge is 0.410 e. The lowest BCUT2D eigenvalue weighted by Gasteiger charge is -2.41. The molecule has 3 saturated heterocycles. The molecule has 0 bridgehead atoms. The van der Waals surface area contributed by atoms with E-state index in [1.54, 1.807) is 0 Å². The van der Waals surface area contributed by atoms with Gasteiger partial charge in [-0.1, -0.05) is 17.7 Å². The predicted octanol–water partition coefficient (Wildman–Crippen LogP) is 6.83. The third-order valence-corrected chi connectivity index (χ3v) is 8.79. The summed E-state index contributed by atoms with van der Waals surface area (Å²) in [5, 5.41) is 0.541. The molecule has 0 N–H and O–H groups in total. The second-order valence-corrected chi connectivity index (χ2v) is 12.8. The third kappa shape index (κ3) is 6.06. The minimum atomic E-state index is -0.465. The van der Waals surface area contributed by atoms with Crippen LogP contribution >= 0.6 is 11.6 Å². The number of rotatable bonds is 3. The Hall–Kier alpha value is -3.11. The second-order valence-electron chi connectivity index (χ2n) is 12.4. The maximum absolute atomic E-state index is 12.4. The molecule has 3 aliphatic heterocycles. The normalized spacial score (nSPS) is 21.3. The van der Waals surface area contributed by atoms with E-state index < -0.39 is 5.60 Å². The van der Waals surface area contributed by atoms with Gasteiger partial charge in [0.05, 0.1) is 6.57 Å². The van der Waals surface area contributed by atoms with Crippen molar-refractivity contribution in [2.24, 2.45) is 5.41 Å². The zero-order chi connectivity index (χ0) is 27.8. The Kier molecular flexibility index (Phi) is 7.61. The van der Waals surface area contributed by atoms with Gasteiger partial charge in [0.2, 0.25) is 5.69 Å². The maximum atomic E-state index is 12.4. The van der Waals surface area contributed by atoms with Crippen LogP contribution in [0.1, 0.15) is 47.0 Å².